The molecule has 0 aliphatic rings. The zero-order valence-electron chi connectivity index (χ0n) is 16.9. The van der Waals surface area contributed by atoms with Gasteiger partial charge in [-0.15, -0.1) is 11.3 Å². The topological polar surface area (TPSA) is 81.7 Å². The molecule has 0 spiro atoms. The number of carbonyl (C=O) groups excluding carboxylic acids is 3. The second-order valence-electron chi connectivity index (χ2n) is 6.54. The van der Waals surface area contributed by atoms with Crippen LogP contribution in [0.4, 0.5) is 5.00 Å². The summed E-state index contributed by atoms with van der Waals surface area (Å²) in [4.78, 5) is 37.2. The van der Waals surface area contributed by atoms with E-state index in [0.717, 1.165) is 11.1 Å². The Bertz CT molecular complexity index is 1110. The van der Waals surface area contributed by atoms with Gasteiger partial charge in [0.15, 0.2) is 6.61 Å². The summed E-state index contributed by atoms with van der Waals surface area (Å²) in [6.07, 6.45) is 0. The van der Waals surface area contributed by atoms with E-state index >= 15 is 0 Å². The van der Waals surface area contributed by atoms with E-state index in [4.69, 9.17) is 9.47 Å². The van der Waals surface area contributed by atoms with Crippen molar-refractivity contribution < 1.29 is 23.9 Å². The lowest BCUT2D eigenvalue weighted by Gasteiger charge is -2.10. The fourth-order valence-electron chi connectivity index (χ4n) is 2.80. The van der Waals surface area contributed by atoms with Gasteiger partial charge in [0.25, 0.3) is 5.91 Å². The highest BCUT2D eigenvalue weighted by molar-refractivity contribution is 9.10. The minimum Gasteiger partial charge on any atom is -0.462 e. The molecule has 0 atom stereocenters. The number of benzene rings is 2. The Balaban J connectivity index is 1.76. The van der Waals surface area contributed by atoms with Crippen LogP contribution in [0, 0.1) is 6.92 Å². The maximum atomic E-state index is 12.6. The highest BCUT2D eigenvalue weighted by Crippen LogP contribution is 2.36. The predicted octanol–water partition coefficient (Wildman–Crippen LogP) is 5.46. The van der Waals surface area contributed by atoms with Crippen molar-refractivity contribution in [2.45, 2.75) is 13.8 Å². The number of ether oxygens (including phenoxy) is 2. The van der Waals surface area contributed by atoms with Crippen LogP contribution < -0.4 is 5.32 Å². The molecule has 1 amide bonds. The van der Waals surface area contributed by atoms with Crippen molar-refractivity contribution in [3.63, 3.8) is 0 Å². The molecular weight excluding hydrogens is 482 g/mol. The summed E-state index contributed by atoms with van der Waals surface area (Å²) in [5, 5.41) is 4.80. The first-order chi connectivity index (χ1) is 14.9. The molecule has 0 fully saturated rings. The van der Waals surface area contributed by atoms with Crippen LogP contribution in [0.15, 0.2) is 58.4 Å². The molecule has 1 aromatic heterocycles. The van der Waals surface area contributed by atoms with Gasteiger partial charge in [0.2, 0.25) is 0 Å². The molecule has 0 radical (unpaired) electrons. The molecule has 1 N–H and O–H groups in total. The molecule has 6 nitrogen and oxygen atoms in total. The van der Waals surface area contributed by atoms with E-state index in [2.05, 4.69) is 21.2 Å². The number of carbonyl (C=O) groups is 3. The number of hydrogen-bond donors (Lipinski definition) is 1. The van der Waals surface area contributed by atoms with Crippen LogP contribution in [0.1, 0.15) is 33.2 Å². The number of amides is 1. The first-order valence-corrected chi connectivity index (χ1v) is 11.1. The number of halogens is 1. The minimum atomic E-state index is -0.625. The van der Waals surface area contributed by atoms with Crippen molar-refractivity contribution in [2.24, 2.45) is 0 Å². The molecule has 3 aromatic rings. The van der Waals surface area contributed by atoms with Gasteiger partial charge < -0.3 is 14.8 Å². The Morgan fingerprint density at radius 3 is 2.39 bits per heavy atom. The van der Waals surface area contributed by atoms with E-state index in [9.17, 15) is 14.4 Å². The first kappa shape index (κ1) is 22.7. The number of rotatable bonds is 7. The third-order valence-electron chi connectivity index (χ3n) is 4.31. The summed E-state index contributed by atoms with van der Waals surface area (Å²) in [5.41, 5.74) is 3.20. The van der Waals surface area contributed by atoms with Crippen LogP contribution in [0.25, 0.3) is 11.1 Å². The summed E-state index contributed by atoms with van der Waals surface area (Å²) < 4.78 is 10.9. The van der Waals surface area contributed by atoms with E-state index in [-0.39, 0.29) is 12.2 Å². The van der Waals surface area contributed by atoms with E-state index < -0.39 is 24.5 Å². The molecule has 8 heteroatoms. The van der Waals surface area contributed by atoms with Gasteiger partial charge in [-0.2, -0.15) is 0 Å². The van der Waals surface area contributed by atoms with Crippen molar-refractivity contribution in [3.05, 3.63) is 75.1 Å². The van der Waals surface area contributed by atoms with E-state index in [0.29, 0.717) is 20.6 Å². The van der Waals surface area contributed by atoms with Crippen LogP contribution in [0.5, 0.6) is 0 Å². The van der Waals surface area contributed by atoms with Crippen molar-refractivity contribution in [2.75, 3.05) is 18.5 Å². The van der Waals surface area contributed by atoms with Crippen molar-refractivity contribution >= 4 is 50.1 Å². The fourth-order valence-corrected chi connectivity index (χ4v) is 4.22. The van der Waals surface area contributed by atoms with Gasteiger partial charge in [0.1, 0.15) is 10.6 Å². The van der Waals surface area contributed by atoms with Gasteiger partial charge in [-0.1, -0.05) is 42.0 Å². The lowest BCUT2D eigenvalue weighted by Crippen LogP contribution is -2.22. The minimum absolute atomic E-state index is 0.207. The summed E-state index contributed by atoms with van der Waals surface area (Å²) >= 11 is 4.49. The second kappa shape index (κ2) is 10.4. The molecule has 0 aliphatic carbocycles. The van der Waals surface area contributed by atoms with Crippen molar-refractivity contribution in [1.29, 1.82) is 0 Å². The second-order valence-corrected chi connectivity index (χ2v) is 8.28. The fraction of sp³-hybridized carbons (Fsp3) is 0.174. The Morgan fingerprint density at radius 1 is 1.00 bits per heavy atom. The highest BCUT2D eigenvalue weighted by atomic mass is 79.9. The van der Waals surface area contributed by atoms with E-state index in [1.165, 1.54) is 11.3 Å². The third kappa shape index (κ3) is 5.59. The largest absolute Gasteiger partial charge is 0.462 e. The average Bonchev–Trinajstić information content (AvgIpc) is 3.16. The molecule has 160 valence electrons. The summed E-state index contributed by atoms with van der Waals surface area (Å²) in [7, 11) is 0. The molecule has 0 aliphatic heterocycles. The smallest absolute Gasteiger partial charge is 0.341 e. The van der Waals surface area contributed by atoms with Crippen LogP contribution >= 0.6 is 27.3 Å². The molecule has 0 saturated heterocycles. The quantitative estimate of drug-likeness (QED) is 0.434. The van der Waals surface area contributed by atoms with Crippen molar-refractivity contribution in [3.8, 4) is 11.1 Å². The summed E-state index contributed by atoms with van der Waals surface area (Å²) in [6.45, 7) is 3.42. The van der Waals surface area contributed by atoms with Crippen LogP contribution in [0.2, 0.25) is 0 Å². The van der Waals surface area contributed by atoms with Gasteiger partial charge in [0.05, 0.1) is 12.2 Å². The Morgan fingerprint density at radius 2 is 1.71 bits per heavy atom. The molecule has 0 unspecified atom stereocenters. The molecule has 0 saturated carbocycles. The standard InChI is InChI=1S/C23H20BrNO5S/c1-3-29-23(28)20-17(15-10-8-14(2)9-11-15)13-31-21(20)25-19(26)12-30-22(27)16-6-4-5-7-18(16)24/h4-11,13H,3,12H2,1-2H3,(H,25,26). The van der Waals surface area contributed by atoms with Gasteiger partial charge >= 0.3 is 11.9 Å². The first-order valence-electron chi connectivity index (χ1n) is 9.47. The maximum absolute atomic E-state index is 12.6. The molecule has 0 bridgehead atoms. The normalized spacial score (nSPS) is 10.4. The number of thiophene rings is 1. The summed E-state index contributed by atoms with van der Waals surface area (Å²) in [5.74, 6) is -1.71. The number of anilines is 1. The molecule has 2 aromatic carbocycles. The van der Waals surface area contributed by atoms with Crippen LogP contribution in [-0.2, 0) is 14.3 Å². The maximum Gasteiger partial charge on any atom is 0.341 e. The number of aryl methyl sites for hydroxylation is 1. The van der Waals surface area contributed by atoms with Crippen LogP contribution in [-0.4, -0.2) is 31.1 Å². The number of hydrogen-bond acceptors (Lipinski definition) is 6. The SMILES string of the molecule is CCOC(=O)c1c(-c2ccc(C)cc2)csc1NC(=O)COC(=O)c1ccccc1Br. The number of esters is 2. The zero-order chi connectivity index (χ0) is 22.4. The lowest BCUT2D eigenvalue weighted by molar-refractivity contribution is -0.119. The highest BCUT2D eigenvalue weighted by Gasteiger charge is 2.23. The van der Waals surface area contributed by atoms with Gasteiger partial charge in [-0.3, -0.25) is 4.79 Å². The van der Waals surface area contributed by atoms with E-state index in [1.54, 1.807) is 36.6 Å². The van der Waals surface area contributed by atoms with Crippen LogP contribution in [0.3, 0.4) is 0 Å². The Kier molecular flexibility index (Phi) is 7.59. The molecule has 31 heavy (non-hydrogen) atoms. The Hall–Kier alpha value is -2.97. The van der Waals surface area contributed by atoms with Gasteiger partial charge in [-0.05, 0) is 47.5 Å². The van der Waals surface area contributed by atoms with Gasteiger partial charge in [-0.25, -0.2) is 9.59 Å². The predicted molar refractivity (Wildman–Crippen MR) is 124 cm³/mol. The van der Waals surface area contributed by atoms with E-state index in [1.807, 2.05) is 31.2 Å². The third-order valence-corrected chi connectivity index (χ3v) is 5.90. The number of nitrogens with one attached hydrogen (secondary N) is 1. The van der Waals surface area contributed by atoms with Gasteiger partial charge in [0, 0.05) is 15.4 Å². The average molecular weight is 502 g/mol. The monoisotopic (exact) mass is 501 g/mol. The summed E-state index contributed by atoms with van der Waals surface area (Å²) in [6, 6.07) is 14.5. The molecule has 1 heterocycles. The Labute approximate surface area is 192 Å². The van der Waals surface area contributed by atoms with Crippen molar-refractivity contribution in [1.82, 2.24) is 0 Å². The molecule has 3 rings (SSSR count). The lowest BCUT2D eigenvalue weighted by atomic mass is 10.0. The molecular formula is C23H20BrNO5S. The zero-order valence-corrected chi connectivity index (χ0v) is 19.3.